The fraction of sp³-hybridized carbons (Fsp3) is 0.400. The second-order valence-electron chi connectivity index (χ2n) is 5.55. The maximum absolute atomic E-state index is 5.32. The zero-order valence-electron chi connectivity index (χ0n) is 12.7. The lowest BCUT2D eigenvalue weighted by Crippen LogP contribution is -2.03. The summed E-state index contributed by atoms with van der Waals surface area (Å²) in [6.45, 7) is 6.27. The Hall–Kier alpha value is -1.60. The molecule has 5 nitrogen and oxygen atoms in total. The van der Waals surface area contributed by atoms with Gasteiger partial charge in [0.05, 0.1) is 15.6 Å². The largest absolute Gasteiger partial charge is 0.339 e. The number of hydrogen-bond acceptors (Lipinski definition) is 6. The van der Waals surface area contributed by atoms with Gasteiger partial charge in [-0.05, 0) is 12.5 Å². The second kappa shape index (κ2) is 5.24. The van der Waals surface area contributed by atoms with E-state index in [9.17, 15) is 0 Å². The van der Waals surface area contributed by atoms with Crippen molar-refractivity contribution in [1.29, 1.82) is 0 Å². The Kier molecular flexibility index (Phi) is 3.34. The van der Waals surface area contributed by atoms with Crippen molar-refractivity contribution in [2.75, 3.05) is 0 Å². The van der Waals surface area contributed by atoms with E-state index in [0.717, 1.165) is 23.6 Å². The van der Waals surface area contributed by atoms with Crippen LogP contribution in [0.1, 0.15) is 43.2 Å². The van der Waals surface area contributed by atoms with Crippen LogP contribution in [0.3, 0.4) is 0 Å². The zero-order valence-corrected chi connectivity index (χ0v) is 14.3. The van der Waals surface area contributed by atoms with Gasteiger partial charge in [-0.2, -0.15) is 4.98 Å². The third-order valence-electron chi connectivity index (χ3n) is 3.69. The van der Waals surface area contributed by atoms with Crippen LogP contribution in [0.25, 0.3) is 17.2 Å². The van der Waals surface area contributed by atoms with Crippen molar-refractivity contribution in [2.45, 2.75) is 43.1 Å². The molecule has 0 atom stereocenters. The summed E-state index contributed by atoms with van der Waals surface area (Å²) >= 11 is 3.74. The lowest BCUT2D eigenvalue weighted by Gasteiger charge is -2.14. The summed E-state index contributed by atoms with van der Waals surface area (Å²) in [5.41, 5.74) is 3.21. The first-order valence-corrected chi connectivity index (χ1v) is 9.13. The predicted molar refractivity (Wildman–Crippen MR) is 87.8 cm³/mol. The molecule has 3 aromatic heterocycles. The van der Waals surface area contributed by atoms with E-state index < -0.39 is 0 Å². The Balaban J connectivity index is 1.79. The Morgan fingerprint density at radius 2 is 2.27 bits per heavy atom. The molecule has 0 saturated carbocycles. The fourth-order valence-corrected chi connectivity index (χ4v) is 4.86. The first-order chi connectivity index (χ1) is 10.7. The maximum atomic E-state index is 5.32. The minimum Gasteiger partial charge on any atom is -0.339 e. The van der Waals surface area contributed by atoms with Gasteiger partial charge in [0.2, 0.25) is 11.7 Å². The van der Waals surface area contributed by atoms with Crippen LogP contribution in [0, 0.1) is 0 Å². The van der Waals surface area contributed by atoms with Gasteiger partial charge in [-0.1, -0.05) is 25.9 Å². The van der Waals surface area contributed by atoms with Gasteiger partial charge in [0.15, 0.2) is 0 Å². The van der Waals surface area contributed by atoms with Crippen LogP contribution in [0.4, 0.5) is 0 Å². The third-order valence-corrected chi connectivity index (χ3v) is 6.25. The lowest BCUT2D eigenvalue weighted by molar-refractivity contribution is 0.365. The molecule has 0 amide bonds. The Bertz CT molecular complexity index is 831. The van der Waals surface area contributed by atoms with Crippen molar-refractivity contribution in [2.24, 2.45) is 0 Å². The molecule has 1 aliphatic rings. The number of nitrogens with zero attached hydrogens (tertiary/aromatic N) is 4. The molecule has 1 aliphatic heterocycles. The summed E-state index contributed by atoms with van der Waals surface area (Å²) in [5, 5.41) is 4.10. The topological polar surface area (TPSA) is 56.7 Å². The molecule has 22 heavy (non-hydrogen) atoms. The summed E-state index contributed by atoms with van der Waals surface area (Å²) in [4.78, 5) is 10.4. The van der Waals surface area contributed by atoms with Gasteiger partial charge in [0, 0.05) is 16.5 Å². The second-order valence-corrected chi connectivity index (χ2v) is 7.93. The van der Waals surface area contributed by atoms with Crippen molar-refractivity contribution < 1.29 is 4.52 Å². The third kappa shape index (κ3) is 2.11. The standard InChI is InChI=1S/C15H16N4OS2/c1-4-9-5-10-15(22-9)21-6-11-12(16-7-19(10)11)13-17-14(8(2)3)20-18-13/h5,7-8H,4,6H2,1-3H3. The van der Waals surface area contributed by atoms with Gasteiger partial charge in [-0.15, -0.1) is 23.1 Å². The highest BCUT2D eigenvalue weighted by Crippen LogP contribution is 2.43. The minimum absolute atomic E-state index is 0.227. The predicted octanol–water partition coefficient (Wildman–Crippen LogP) is 4.28. The molecular formula is C15H16N4OS2. The Labute approximate surface area is 136 Å². The molecule has 0 aromatic carbocycles. The average molecular weight is 332 g/mol. The van der Waals surface area contributed by atoms with Gasteiger partial charge in [-0.25, -0.2) is 4.98 Å². The van der Waals surface area contributed by atoms with E-state index in [2.05, 4.69) is 32.7 Å². The number of thioether (sulfide) groups is 1. The molecule has 0 fully saturated rings. The van der Waals surface area contributed by atoms with Crippen LogP contribution in [-0.2, 0) is 12.2 Å². The molecular weight excluding hydrogens is 316 g/mol. The van der Waals surface area contributed by atoms with Crippen molar-refractivity contribution >= 4 is 23.1 Å². The van der Waals surface area contributed by atoms with Crippen LogP contribution in [0.2, 0.25) is 0 Å². The van der Waals surface area contributed by atoms with E-state index in [1.807, 2.05) is 43.3 Å². The molecule has 0 unspecified atom stereocenters. The number of hydrogen-bond donors (Lipinski definition) is 0. The average Bonchev–Trinajstić information content (AvgIpc) is 3.22. The summed E-state index contributed by atoms with van der Waals surface area (Å²) in [5.74, 6) is 2.36. The SMILES string of the molecule is CCc1cc2c(s1)SCc1c(-c3noc(C(C)C)n3)ncn1-2. The van der Waals surface area contributed by atoms with E-state index >= 15 is 0 Å². The quantitative estimate of drug-likeness (QED) is 0.716. The van der Waals surface area contributed by atoms with Crippen molar-refractivity contribution in [3.8, 4) is 17.2 Å². The minimum atomic E-state index is 0.227. The van der Waals surface area contributed by atoms with Crippen molar-refractivity contribution in [3.63, 3.8) is 0 Å². The first-order valence-electron chi connectivity index (χ1n) is 7.33. The normalized spacial score (nSPS) is 13.5. The van der Waals surface area contributed by atoms with Crippen molar-refractivity contribution in [3.05, 3.63) is 28.9 Å². The van der Waals surface area contributed by atoms with E-state index in [1.165, 1.54) is 14.8 Å². The molecule has 3 aromatic rings. The zero-order chi connectivity index (χ0) is 15.3. The summed E-state index contributed by atoms with van der Waals surface area (Å²) < 4.78 is 8.85. The van der Waals surface area contributed by atoms with Gasteiger partial charge in [-0.3, -0.25) is 4.57 Å². The van der Waals surface area contributed by atoms with E-state index in [-0.39, 0.29) is 5.92 Å². The highest BCUT2D eigenvalue weighted by atomic mass is 32.2. The fourth-order valence-electron chi connectivity index (χ4n) is 2.46. The van der Waals surface area contributed by atoms with Gasteiger partial charge in [0.1, 0.15) is 12.0 Å². The first kappa shape index (κ1) is 14.0. The number of fused-ring (bicyclic) bond motifs is 3. The molecule has 0 aliphatic carbocycles. The van der Waals surface area contributed by atoms with Gasteiger partial charge < -0.3 is 4.52 Å². The van der Waals surface area contributed by atoms with Crippen LogP contribution < -0.4 is 0 Å². The summed E-state index contributed by atoms with van der Waals surface area (Å²) in [6.07, 6.45) is 2.94. The Morgan fingerprint density at radius 1 is 1.41 bits per heavy atom. The van der Waals surface area contributed by atoms with Crippen LogP contribution in [-0.4, -0.2) is 19.7 Å². The molecule has 0 spiro atoms. The summed E-state index contributed by atoms with van der Waals surface area (Å²) in [7, 11) is 0. The van der Waals surface area contributed by atoms with Crippen LogP contribution >= 0.6 is 23.1 Å². The van der Waals surface area contributed by atoms with Gasteiger partial charge in [0.25, 0.3) is 0 Å². The number of aryl methyl sites for hydroxylation is 1. The molecule has 0 bridgehead atoms. The van der Waals surface area contributed by atoms with E-state index in [4.69, 9.17) is 4.52 Å². The molecule has 0 radical (unpaired) electrons. The van der Waals surface area contributed by atoms with E-state index in [1.54, 1.807) is 0 Å². The summed E-state index contributed by atoms with van der Waals surface area (Å²) in [6, 6.07) is 2.26. The monoisotopic (exact) mass is 332 g/mol. The smallest absolute Gasteiger partial charge is 0.229 e. The van der Waals surface area contributed by atoms with Crippen molar-refractivity contribution in [1.82, 2.24) is 19.7 Å². The number of aromatic nitrogens is 4. The molecule has 0 N–H and O–H groups in total. The highest BCUT2D eigenvalue weighted by molar-refractivity contribution is 8.00. The number of thiophene rings is 1. The lowest BCUT2D eigenvalue weighted by atomic mass is 10.2. The molecule has 7 heteroatoms. The molecule has 114 valence electrons. The van der Waals surface area contributed by atoms with Crippen LogP contribution in [0.15, 0.2) is 21.1 Å². The molecule has 0 saturated heterocycles. The number of rotatable bonds is 3. The molecule has 4 rings (SSSR count). The maximum Gasteiger partial charge on any atom is 0.229 e. The van der Waals surface area contributed by atoms with Crippen LogP contribution in [0.5, 0.6) is 0 Å². The van der Waals surface area contributed by atoms with E-state index in [0.29, 0.717) is 11.7 Å². The molecule has 4 heterocycles. The number of imidazole rings is 1. The highest BCUT2D eigenvalue weighted by Gasteiger charge is 2.25. The Morgan fingerprint density at radius 3 is 3.00 bits per heavy atom. The van der Waals surface area contributed by atoms with Gasteiger partial charge >= 0.3 is 0 Å².